The second-order valence-electron chi connectivity index (χ2n) is 3.44. The van der Waals surface area contributed by atoms with Crippen molar-refractivity contribution < 1.29 is 4.84 Å². The molecule has 0 aliphatic heterocycles. The average molecular weight is 210 g/mol. The van der Waals surface area contributed by atoms with Crippen LogP contribution in [0.25, 0.3) is 0 Å². The minimum atomic E-state index is 0.528. The molecule has 0 radical (unpaired) electrons. The molecule has 0 aliphatic rings. The van der Waals surface area contributed by atoms with E-state index in [-0.39, 0.29) is 0 Å². The average Bonchev–Trinajstić information content (AvgIpc) is 2.60. The van der Waals surface area contributed by atoms with Crippen LogP contribution in [0.5, 0.6) is 0 Å². The number of hydroxylamine groups is 1. The molecule has 0 atom stereocenters. The van der Waals surface area contributed by atoms with Gasteiger partial charge in [-0.2, -0.15) is 10.7 Å². The molecule has 0 spiro atoms. The molecule has 0 aromatic carbocycles. The lowest BCUT2D eigenvalue weighted by Gasteiger charge is -2.06. The summed E-state index contributed by atoms with van der Waals surface area (Å²) in [4.78, 5) is 6.33. The predicted molar refractivity (Wildman–Crippen MR) is 56.7 cm³/mol. The molecule has 1 aromatic heterocycles. The van der Waals surface area contributed by atoms with Crippen LogP contribution in [0.1, 0.15) is 24.3 Å². The first-order valence-electron chi connectivity index (χ1n) is 4.54. The molecule has 0 aliphatic carbocycles. The lowest BCUT2D eigenvalue weighted by molar-refractivity contribution is 0.0201. The molecule has 1 N–H and O–H groups in total. The fraction of sp³-hybridized carbons (Fsp3) is 0.500. The molecular weight excluding hydrogens is 196 g/mol. The van der Waals surface area contributed by atoms with Gasteiger partial charge >= 0.3 is 0 Å². The van der Waals surface area contributed by atoms with Gasteiger partial charge in [-0.1, -0.05) is 13.8 Å². The van der Waals surface area contributed by atoms with Crippen LogP contribution in [0.4, 0.5) is 0 Å². The third-order valence-electron chi connectivity index (χ3n) is 1.55. The van der Waals surface area contributed by atoms with E-state index in [1.165, 1.54) is 0 Å². The summed E-state index contributed by atoms with van der Waals surface area (Å²) in [6, 6.07) is 3.97. The summed E-state index contributed by atoms with van der Waals surface area (Å²) in [7, 11) is 0. The normalized spacial score (nSPS) is 10.4. The van der Waals surface area contributed by atoms with E-state index < -0.39 is 0 Å². The van der Waals surface area contributed by atoms with Crippen LogP contribution in [0.15, 0.2) is 11.4 Å². The number of nitrogens with one attached hydrogen (secondary N) is 1. The smallest absolute Gasteiger partial charge is 0.100 e. The number of thiophene rings is 1. The summed E-state index contributed by atoms with van der Waals surface area (Å²) in [5, 5.41) is 10.4. The zero-order chi connectivity index (χ0) is 10.4. The van der Waals surface area contributed by atoms with Crippen molar-refractivity contribution in [2.75, 3.05) is 6.61 Å². The van der Waals surface area contributed by atoms with Gasteiger partial charge in [-0.05, 0) is 12.0 Å². The molecule has 0 fully saturated rings. The predicted octanol–water partition coefficient (Wildman–Crippen LogP) is 2.30. The van der Waals surface area contributed by atoms with Crippen molar-refractivity contribution in [3.8, 4) is 6.07 Å². The van der Waals surface area contributed by atoms with Crippen LogP contribution in [-0.2, 0) is 11.4 Å². The van der Waals surface area contributed by atoms with Gasteiger partial charge in [0, 0.05) is 10.3 Å². The molecule has 3 nitrogen and oxygen atoms in total. The van der Waals surface area contributed by atoms with Crippen molar-refractivity contribution in [3.63, 3.8) is 0 Å². The summed E-state index contributed by atoms with van der Waals surface area (Å²) >= 11 is 1.57. The number of nitrogens with zero attached hydrogens (tertiary/aromatic N) is 1. The zero-order valence-corrected chi connectivity index (χ0v) is 9.23. The Kier molecular flexibility index (Phi) is 4.60. The molecule has 0 unspecified atom stereocenters. The Morgan fingerprint density at radius 1 is 1.64 bits per heavy atom. The van der Waals surface area contributed by atoms with Gasteiger partial charge in [-0.3, -0.25) is 0 Å². The van der Waals surface area contributed by atoms with E-state index in [0.717, 1.165) is 10.4 Å². The summed E-state index contributed by atoms with van der Waals surface area (Å²) in [6.07, 6.45) is 0. The zero-order valence-electron chi connectivity index (χ0n) is 8.41. The van der Waals surface area contributed by atoms with Gasteiger partial charge in [0.2, 0.25) is 0 Å². The summed E-state index contributed by atoms with van der Waals surface area (Å²) in [6.45, 7) is 5.57. The lowest BCUT2D eigenvalue weighted by atomic mass is 10.2. The Bertz CT molecular complexity index is 314. The molecule has 0 saturated heterocycles. The monoisotopic (exact) mass is 210 g/mol. The van der Waals surface area contributed by atoms with Crippen LogP contribution >= 0.6 is 11.3 Å². The van der Waals surface area contributed by atoms with E-state index >= 15 is 0 Å². The number of rotatable bonds is 5. The van der Waals surface area contributed by atoms with Crippen molar-refractivity contribution in [3.05, 3.63) is 21.9 Å². The fourth-order valence-corrected chi connectivity index (χ4v) is 1.62. The molecule has 0 bridgehead atoms. The molecule has 1 aromatic rings. The fourth-order valence-electron chi connectivity index (χ4n) is 0.880. The highest BCUT2D eigenvalue weighted by molar-refractivity contribution is 7.10. The number of nitriles is 1. The highest BCUT2D eigenvalue weighted by atomic mass is 32.1. The van der Waals surface area contributed by atoms with E-state index in [0.29, 0.717) is 19.1 Å². The minimum Gasteiger partial charge on any atom is -0.301 e. The van der Waals surface area contributed by atoms with Gasteiger partial charge in [-0.25, -0.2) is 0 Å². The summed E-state index contributed by atoms with van der Waals surface area (Å²) in [5.74, 6) is 0.528. The second kappa shape index (κ2) is 5.76. The first-order valence-corrected chi connectivity index (χ1v) is 5.42. The maximum atomic E-state index is 8.60. The molecular formula is C10H14N2OS. The maximum Gasteiger partial charge on any atom is 0.100 e. The Morgan fingerprint density at radius 3 is 3.00 bits per heavy atom. The van der Waals surface area contributed by atoms with Gasteiger partial charge < -0.3 is 4.84 Å². The Labute approximate surface area is 88.3 Å². The topological polar surface area (TPSA) is 45.0 Å². The quantitative estimate of drug-likeness (QED) is 0.599. The molecule has 1 heterocycles. The number of hydrogen-bond acceptors (Lipinski definition) is 4. The van der Waals surface area contributed by atoms with Crippen LogP contribution in [0, 0.1) is 17.2 Å². The number of hydrogen-bond donors (Lipinski definition) is 1. The van der Waals surface area contributed by atoms with Crippen LogP contribution in [0.3, 0.4) is 0 Å². The highest BCUT2D eigenvalue weighted by Gasteiger charge is 1.99. The van der Waals surface area contributed by atoms with E-state index in [2.05, 4.69) is 25.4 Å². The molecule has 76 valence electrons. The van der Waals surface area contributed by atoms with Gasteiger partial charge in [-0.15, -0.1) is 11.3 Å². The van der Waals surface area contributed by atoms with Crippen molar-refractivity contribution in [1.29, 1.82) is 5.26 Å². The second-order valence-corrected chi connectivity index (χ2v) is 4.44. The van der Waals surface area contributed by atoms with Gasteiger partial charge in [0.05, 0.1) is 18.7 Å². The van der Waals surface area contributed by atoms with E-state index in [9.17, 15) is 0 Å². The van der Waals surface area contributed by atoms with Crippen molar-refractivity contribution >= 4 is 11.3 Å². The van der Waals surface area contributed by atoms with E-state index in [1.54, 1.807) is 11.3 Å². The third kappa shape index (κ3) is 3.88. The maximum absolute atomic E-state index is 8.60. The Balaban J connectivity index is 2.22. The lowest BCUT2D eigenvalue weighted by Crippen LogP contribution is -2.16. The van der Waals surface area contributed by atoms with E-state index in [4.69, 9.17) is 10.1 Å². The Morgan fingerprint density at radius 2 is 2.43 bits per heavy atom. The van der Waals surface area contributed by atoms with Gasteiger partial charge in [0.1, 0.15) is 6.07 Å². The first-order chi connectivity index (χ1) is 6.72. The van der Waals surface area contributed by atoms with Crippen LogP contribution in [-0.4, -0.2) is 6.61 Å². The third-order valence-corrected chi connectivity index (χ3v) is 2.48. The molecule has 4 heteroatoms. The van der Waals surface area contributed by atoms with E-state index in [1.807, 2.05) is 11.4 Å². The van der Waals surface area contributed by atoms with Gasteiger partial charge in [0.15, 0.2) is 0 Å². The first kappa shape index (κ1) is 11.2. The molecule has 0 saturated carbocycles. The van der Waals surface area contributed by atoms with Crippen LogP contribution in [0.2, 0.25) is 0 Å². The highest BCUT2D eigenvalue weighted by Crippen LogP contribution is 2.13. The molecule has 0 amide bonds. The Hall–Kier alpha value is -0.890. The molecule has 14 heavy (non-hydrogen) atoms. The van der Waals surface area contributed by atoms with Crippen molar-refractivity contribution in [2.24, 2.45) is 5.92 Å². The van der Waals surface area contributed by atoms with Crippen molar-refractivity contribution in [1.82, 2.24) is 5.48 Å². The summed E-state index contributed by atoms with van der Waals surface area (Å²) in [5.41, 5.74) is 3.59. The van der Waals surface area contributed by atoms with Crippen LogP contribution < -0.4 is 5.48 Å². The van der Waals surface area contributed by atoms with Gasteiger partial charge in [0.25, 0.3) is 0 Å². The summed E-state index contributed by atoms with van der Waals surface area (Å²) < 4.78 is 0. The standard InChI is InChI=1S/C10H14N2OS/c1-8(2)6-13-12-5-10-3-9(4-11)7-14-10/h3,7-8,12H,5-6H2,1-2H3. The van der Waals surface area contributed by atoms with Crippen molar-refractivity contribution in [2.45, 2.75) is 20.4 Å². The minimum absolute atomic E-state index is 0.528. The largest absolute Gasteiger partial charge is 0.301 e. The SMILES string of the molecule is CC(C)CONCc1cc(C#N)cs1. The molecule has 1 rings (SSSR count).